The monoisotopic (exact) mass is 414 g/mol. The summed E-state index contributed by atoms with van der Waals surface area (Å²) in [6, 6.07) is 13.5. The molecule has 1 aliphatic heterocycles. The molecule has 0 saturated carbocycles. The Morgan fingerprint density at radius 1 is 1.18 bits per heavy atom. The number of halogens is 1. The van der Waals surface area contributed by atoms with Crippen LogP contribution >= 0.6 is 24.0 Å². The van der Waals surface area contributed by atoms with E-state index in [-0.39, 0.29) is 24.1 Å². The minimum absolute atomic E-state index is 0.130. The lowest BCUT2D eigenvalue weighted by Crippen LogP contribution is -2.29. The Bertz CT molecular complexity index is 924. The van der Waals surface area contributed by atoms with Crippen LogP contribution in [0, 0.1) is 12.7 Å². The number of benzene rings is 2. The van der Waals surface area contributed by atoms with E-state index in [0.29, 0.717) is 27.9 Å². The van der Waals surface area contributed by atoms with Crippen LogP contribution in [0.15, 0.2) is 53.4 Å². The average molecular weight is 415 g/mol. The smallest absolute Gasteiger partial charge is 0.266 e. The summed E-state index contributed by atoms with van der Waals surface area (Å²) in [7, 11) is 0. The third-order valence-electron chi connectivity index (χ3n) is 4.16. The Labute approximate surface area is 172 Å². The van der Waals surface area contributed by atoms with E-state index in [0.717, 1.165) is 11.1 Å². The molecule has 0 bridgehead atoms. The molecule has 4 nitrogen and oxygen atoms in total. The van der Waals surface area contributed by atoms with Crippen molar-refractivity contribution in [2.75, 3.05) is 11.9 Å². The normalized spacial score (nSPS) is 15.4. The first-order valence-electron chi connectivity index (χ1n) is 8.80. The second-order valence-electron chi connectivity index (χ2n) is 6.40. The van der Waals surface area contributed by atoms with E-state index in [2.05, 4.69) is 5.32 Å². The number of carbonyl (C=O) groups excluding carboxylic acids is 2. The fourth-order valence-corrected chi connectivity index (χ4v) is 3.97. The molecule has 1 heterocycles. The third-order valence-corrected chi connectivity index (χ3v) is 5.54. The predicted molar refractivity (Wildman–Crippen MR) is 115 cm³/mol. The fourth-order valence-electron chi connectivity index (χ4n) is 2.66. The topological polar surface area (TPSA) is 49.4 Å². The number of aryl methyl sites for hydroxylation is 1. The van der Waals surface area contributed by atoms with Crippen molar-refractivity contribution in [3.05, 3.63) is 70.4 Å². The molecule has 2 amide bonds. The van der Waals surface area contributed by atoms with Crippen molar-refractivity contribution < 1.29 is 14.0 Å². The van der Waals surface area contributed by atoms with Gasteiger partial charge in [0.15, 0.2) is 0 Å². The summed E-state index contributed by atoms with van der Waals surface area (Å²) in [5.41, 5.74) is 2.64. The Balaban J connectivity index is 1.52. The van der Waals surface area contributed by atoms with Gasteiger partial charge in [-0.15, -0.1) is 0 Å². The largest absolute Gasteiger partial charge is 0.326 e. The molecular formula is C21H19FN2O2S2. The van der Waals surface area contributed by atoms with Crippen LogP contribution in [-0.4, -0.2) is 27.6 Å². The van der Waals surface area contributed by atoms with Crippen LogP contribution in [0.3, 0.4) is 0 Å². The van der Waals surface area contributed by atoms with Crippen molar-refractivity contribution in [3.63, 3.8) is 0 Å². The molecule has 0 atom stereocenters. The van der Waals surface area contributed by atoms with Crippen molar-refractivity contribution >= 4 is 51.9 Å². The first-order chi connectivity index (χ1) is 13.4. The molecule has 3 rings (SSSR count). The number of thiocarbonyl (C=S) groups is 1. The number of hydrogen-bond acceptors (Lipinski definition) is 4. The molecule has 0 spiro atoms. The SMILES string of the molecule is Cc1ccc(C=C2SC(=S)N(CCCC(=O)Nc3ccc(F)cc3)C2=O)cc1. The summed E-state index contributed by atoms with van der Waals surface area (Å²) in [6.45, 7) is 2.39. The number of anilines is 1. The average Bonchev–Trinajstić information content (AvgIpc) is 2.93. The molecule has 1 aliphatic rings. The van der Waals surface area contributed by atoms with E-state index in [1.165, 1.54) is 40.9 Å². The van der Waals surface area contributed by atoms with Crippen molar-refractivity contribution in [2.24, 2.45) is 0 Å². The molecule has 0 unspecified atom stereocenters. The molecule has 1 N–H and O–H groups in total. The molecule has 1 saturated heterocycles. The number of thioether (sulfide) groups is 1. The molecule has 0 aliphatic carbocycles. The van der Waals surface area contributed by atoms with Crippen LogP contribution < -0.4 is 5.32 Å². The Kier molecular flexibility index (Phi) is 6.59. The quantitative estimate of drug-likeness (QED) is 0.547. The zero-order valence-corrected chi connectivity index (χ0v) is 16.9. The number of nitrogens with one attached hydrogen (secondary N) is 1. The molecule has 28 heavy (non-hydrogen) atoms. The van der Waals surface area contributed by atoms with E-state index >= 15 is 0 Å². The van der Waals surface area contributed by atoms with Gasteiger partial charge in [-0.2, -0.15) is 0 Å². The van der Waals surface area contributed by atoms with Gasteiger partial charge in [0.25, 0.3) is 5.91 Å². The summed E-state index contributed by atoms with van der Waals surface area (Å²) >= 11 is 6.60. The number of nitrogens with zero attached hydrogens (tertiary/aromatic N) is 1. The van der Waals surface area contributed by atoms with Gasteiger partial charge in [0, 0.05) is 18.7 Å². The molecule has 2 aromatic carbocycles. The number of rotatable bonds is 6. The van der Waals surface area contributed by atoms with Gasteiger partial charge in [0.2, 0.25) is 5.91 Å². The molecule has 0 aromatic heterocycles. The summed E-state index contributed by atoms with van der Waals surface area (Å²) in [6.07, 6.45) is 2.56. The highest BCUT2D eigenvalue weighted by atomic mass is 32.2. The van der Waals surface area contributed by atoms with Gasteiger partial charge in [-0.3, -0.25) is 14.5 Å². The van der Waals surface area contributed by atoms with E-state index in [1.807, 2.05) is 37.3 Å². The zero-order chi connectivity index (χ0) is 20.1. The van der Waals surface area contributed by atoms with Gasteiger partial charge in [-0.05, 0) is 49.2 Å². The summed E-state index contributed by atoms with van der Waals surface area (Å²) in [5.74, 6) is -0.673. The van der Waals surface area contributed by atoms with Crippen molar-refractivity contribution in [1.82, 2.24) is 4.90 Å². The predicted octanol–water partition coefficient (Wildman–Crippen LogP) is 4.75. The number of carbonyl (C=O) groups is 2. The Hall–Kier alpha value is -2.51. The summed E-state index contributed by atoms with van der Waals surface area (Å²) in [5, 5.41) is 2.70. The summed E-state index contributed by atoms with van der Waals surface area (Å²) in [4.78, 5) is 26.7. The van der Waals surface area contributed by atoms with E-state index < -0.39 is 0 Å². The third kappa shape index (κ3) is 5.27. The summed E-state index contributed by atoms with van der Waals surface area (Å²) < 4.78 is 13.4. The lowest BCUT2D eigenvalue weighted by Gasteiger charge is -2.14. The molecular weight excluding hydrogens is 395 g/mol. The van der Waals surface area contributed by atoms with Gasteiger partial charge in [-0.1, -0.05) is 53.8 Å². The van der Waals surface area contributed by atoms with Gasteiger partial charge < -0.3 is 5.32 Å². The van der Waals surface area contributed by atoms with Gasteiger partial charge in [-0.25, -0.2) is 4.39 Å². The highest BCUT2D eigenvalue weighted by molar-refractivity contribution is 8.26. The van der Waals surface area contributed by atoms with Gasteiger partial charge >= 0.3 is 0 Å². The maximum Gasteiger partial charge on any atom is 0.266 e. The van der Waals surface area contributed by atoms with E-state index in [4.69, 9.17) is 12.2 Å². The maximum absolute atomic E-state index is 12.9. The molecule has 2 aromatic rings. The van der Waals surface area contributed by atoms with Crippen LogP contribution in [0.4, 0.5) is 10.1 Å². The molecule has 7 heteroatoms. The van der Waals surface area contributed by atoms with Crippen LogP contribution in [-0.2, 0) is 9.59 Å². The molecule has 1 fully saturated rings. The van der Waals surface area contributed by atoms with Gasteiger partial charge in [0.05, 0.1) is 4.91 Å². The first kappa shape index (κ1) is 20.2. The number of hydrogen-bond donors (Lipinski definition) is 1. The fraction of sp³-hybridized carbons (Fsp3) is 0.190. The minimum Gasteiger partial charge on any atom is -0.326 e. The lowest BCUT2D eigenvalue weighted by molar-refractivity contribution is -0.122. The van der Waals surface area contributed by atoms with Crippen molar-refractivity contribution in [3.8, 4) is 0 Å². The zero-order valence-electron chi connectivity index (χ0n) is 15.3. The standard InChI is InChI=1S/C21H19FN2O2S2/c1-14-4-6-15(7-5-14)13-18-20(26)24(21(27)28-18)12-2-3-19(25)23-17-10-8-16(22)9-11-17/h4-11,13H,2-3,12H2,1H3,(H,23,25). The molecule has 0 radical (unpaired) electrons. The van der Waals surface area contributed by atoms with Crippen molar-refractivity contribution in [1.29, 1.82) is 0 Å². The Morgan fingerprint density at radius 3 is 2.54 bits per heavy atom. The van der Waals surface area contributed by atoms with E-state index in [9.17, 15) is 14.0 Å². The van der Waals surface area contributed by atoms with Crippen LogP contribution in [0.5, 0.6) is 0 Å². The van der Waals surface area contributed by atoms with Crippen LogP contribution in [0.2, 0.25) is 0 Å². The number of amides is 2. The first-order valence-corrected chi connectivity index (χ1v) is 10.0. The highest BCUT2D eigenvalue weighted by Gasteiger charge is 2.31. The maximum atomic E-state index is 12.9. The second kappa shape index (κ2) is 9.12. The van der Waals surface area contributed by atoms with Crippen LogP contribution in [0.1, 0.15) is 24.0 Å². The molecule has 144 valence electrons. The highest BCUT2D eigenvalue weighted by Crippen LogP contribution is 2.32. The minimum atomic E-state index is -0.356. The van der Waals surface area contributed by atoms with Gasteiger partial charge in [0.1, 0.15) is 10.1 Å². The lowest BCUT2D eigenvalue weighted by atomic mass is 10.1. The second-order valence-corrected chi connectivity index (χ2v) is 8.08. The van der Waals surface area contributed by atoms with E-state index in [1.54, 1.807) is 0 Å². The van der Waals surface area contributed by atoms with Crippen molar-refractivity contribution in [2.45, 2.75) is 19.8 Å². The van der Waals surface area contributed by atoms with Crippen LogP contribution in [0.25, 0.3) is 6.08 Å². The Morgan fingerprint density at radius 2 is 1.86 bits per heavy atom.